The van der Waals surface area contributed by atoms with Crippen molar-refractivity contribution in [1.29, 1.82) is 0 Å². The summed E-state index contributed by atoms with van der Waals surface area (Å²) in [6, 6.07) is 4.58. The quantitative estimate of drug-likeness (QED) is 0.120. The number of hydrogen-bond donors (Lipinski definition) is 0. The molecule has 0 amide bonds. The normalized spacial score (nSPS) is 11.3. The second-order valence-electron chi connectivity index (χ2n) is 9.92. The van der Waals surface area contributed by atoms with Gasteiger partial charge in [0, 0.05) is 18.1 Å². The number of aryl methyl sites for hydroxylation is 2. The molecule has 0 saturated heterocycles. The molecule has 0 bridgehead atoms. The average molecular weight is 431 g/mol. The standard InChI is InChI=1S/C30H56N/c1-3-5-7-9-11-13-14-15-17-19-21-23-27-31-28-24-26-30(29-31)25-22-20-18-16-12-10-8-6-4-2/h24,26,28-29H,3-23,25,27H2,1-2H3/q+1. The van der Waals surface area contributed by atoms with Crippen molar-refractivity contribution in [3.05, 3.63) is 30.1 Å². The van der Waals surface area contributed by atoms with Gasteiger partial charge < -0.3 is 0 Å². The van der Waals surface area contributed by atoms with E-state index in [9.17, 15) is 0 Å². The Bertz CT molecular complexity index is 481. The van der Waals surface area contributed by atoms with E-state index in [0.717, 1.165) is 0 Å². The molecule has 0 fully saturated rings. The largest absolute Gasteiger partial charge is 0.205 e. The van der Waals surface area contributed by atoms with Crippen molar-refractivity contribution in [1.82, 2.24) is 0 Å². The minimum atomic E-state index is 1.20. The second kappa shape index (κ2) is 22.3. The highest BCUT2D eigenvalue weighted by Crippen LogP contribution is 2.13. The van der Waals surface area contributed by atoms with Crippen LogP contribution in [0.2, 0.25) is 0 Å². The van der Waals surface area contributed by atoms with E-state index in [0.29, 0.717) is 0 Å². The van der Waals surface area contributed by atoms with Crippen molar-refractivity contribution in [2.24, 2.45) is 0 Å². The number of pyridine rings is 1. The summed E-state index contributed by atoms with van der Waals surface area (Å²) in [7, 11) is 0. The maximum atomic E-state index is 2.43. The average Bonchev–Trinajstić information content (AvgIpc) is 2.79. The Balaban J connectivity index is 1.94. The van der Waals surface area contributed by atoms with Gasteiger partial charge in [0.05, 0.1) is 0 Å². The van der Waals surface area contributed by atoms with E-state index in [1.54, 1.807) is 0 Å². The Morgan fingerprint density at radius 3 is 1.42 bits per heavy atom. The van der Waals surface area contributed by atoms with E-state index in [-0.39, 0.29) is 0 Å². The van der Waals surface area contributed by atoms with Gasteiger partial charge in [-0.3, -0.25) is 0 Å². The van der Waals surface area contributed by atoms with Crippen LogP contribution in [0.25, 0.3) is 0 Å². The highest BCUT2D eigenvalue weighted by molar-refractivity contribution is 5.05. The van der Waals surface area contributed by atoms with Crippen LogP contribution in [0.15, 0.2) is 24.5 Å². The lowest BCUT2D eigenvalue weighted by atomic mass is 10.0. The molecule has 1 heteroatoms. The van der Waals surface area contributed by atoms with Gasteiger partial charge >= 0.3 is 0 Å². The van der Waals surface area contributed by atoms with Gasteiger partial charge in [-0.15, -0.1) is 0 Å². The zero-order valence-electron chi connectivity index (χ0n) is 21.5. The van der Waals surface area contributed by atoms with Crippen molar-refractivity contribution in [2.45, 2.75) is 162 Å². The molecule has 0 aliphatic heterocycles. The van der Waals surface area contributed by atoms with Gasteiger partial charge in [-0.2, -0.15) is 0 Å². The van der Waals surface area contributed by atoms with Crippen molar-refractivity contribution >= 4 is 0 Å². The zero-order chi connectivity index (χ0) is 22.2. The van der Waals surface area contributed by atoms with E-state index >= 15 is 0 Å². The third-order valence-electron chi connectivity index (χ3n) is 6.76. The highest BCUT2D eigenvalue weighted by atomic mass is 14.9. The van der Waals surface area contributed by atoms with E-state index < -0.39 is 0 Å². The van der Waals surface area contributed by atoms with Gasteiger partial charge in [-0.05, 0) is 25.3 Å². The van der Waals surface area contributed by atoms with Gasteiger partial charge in [-0.25, -0.2) is 4.57 Å². The Morgan fingerprint density at radius 2 is 0.935 bits per heavy atom. The Kier molecular flexibility index (Phi) is 20.3. The van der Waals surface area contributed by atoms with E-state index in [2.05, 4.69) is 42.9 Å². The minimum absolute atomic E-state index is 1.20. The molecular formula is C30H56N+. The van der Waals surface area contributed by atoms with Crippen LogP contribution in [0.1, 0.15) is 154 Å². The lowest BCUT2D eigenvalue weighted by molar-refractivity contribution is -0.697. The van der Waals surface area contributed by atoms with Crippen LogP contribution in [-0.2, 0) is 13.0 Å². The maximum absolute atomic E-state index is 2.43. The smallest absolute Gasteiger partial charge is 0.171 e. The molecule has 1 heterocycles. The summed E-state index contributed by atoms with van der Waals surface area (Å²) in [6.45, 7) is 5.79. The van der Waals surface area contributed by atoms with Crippen LogP contribution < -0.4 is 4.57 Å². The fourth-order valence-electron chi connectivity index (χ4n) is 4.64. The molecule has 180 valence electrons. The number of nitrogens with zero attached hydrogens (tertiary/aromatic N) is 1. The van der Waals surface area contributed by atoms with Crippen LogP contribution in [0.5, 0.6) is 0 Å². The number of hydrogen-bond acceptors (Lipinski definition) is 0. The Hall–Kier alpha value is -0.850. The summed E-state index contributed by atoms with van der Waals surface area (Å²) < 4.78 is 2.43. The predicted octanol–water partition coefficient (Wildman–Crippen LogP) is 9.75. The van der Waals surface area contributed by atoms with Crippen molar-refractivity contribution in [3.63, 3.8) is 0 Å². The molecule has 0 saturated carbocycles. The molecule has 1 rings (SSSR count). The third-order valence-corrected chi connectivity index (χ3v) is 6.76. The molecule has 0 radical (unpaired) electrons. The molecular weight excluding hydrogens is 374 g/mol. The SMILES string of the molecule is CCCCCCCCCCCCCC[n+]1cccc(CCCCCCCCCCC)c1. The molecule has 1 nitrogen and oxygen atoms in total. The fraction of sp³-hybridized carbons (Fsp3) is 0.833. The topological polar surface area (TPSA) is 3.88 Å². The molecule has 0 spiro atoms. The van der Waals surface area contributed by atoms with Crippen LogP contribution in [0.4, 0.5) is 0 Å². The van der Waals surface area contributed by atoms with Crippen molar-refractivity contribution < 1.29 is 4.57 Å². The molecule has 1 aromatic heterocycles. The first-order valence-electron chi connectivity index (χ1n) is 14.3. The molecule has 1 aromatic rings. The molecule has 0 aliphatic rings. The summed E-state index contributed by atoms with van der Waals surface area (Å²) in [5.41, 5.74) is 1.53. The lowest BCUT2D eigenvalue weighted by Gasteiger charge is -2.04. The summed E-state index contributed by atoms with van der Waals surface area (Å²) in [5, 5.41) is 0. The van der Waals surface area contributed by atoms with Gasteiger partial charge in [-0.1, -0.05) is 129 Å². The second-order valence-corrected chi connectivity index (χ2v) is 9.92. The molecule has 0 N–H and O–H groups in total. The summed E-state index contributed by atoms with van der Waals surface area (Å²) in [4.78, 5) is 0. The molecule has 0 aliphatic carbocycles. The first kappa shape index (κ1) is 28.2. The van der Waals surface area contributed by atoms with E-state index in [1.165, 1.54) is 153 Å². The first-order valence-corrected chi connectivity index (χ1v) is 14.3. The van der Waals surface area contributed by atoms with Crippen molar-refractivity contribution in [3.8, 4) is 0 Å². The van der Waals surface area contributed by atoms with E-state index in [4.69, 9.17) is 0 Å². The van der Waals surface area contributed by atoms with Gasteiger partial charge in [0.15, 0.2) is 12.4 Å². The van der Waals surface area contributed by atoms with Crippen molar-refractivity contribution in [2.75, 3.05) is 0 Å². The minimum Gasteiger partial charge on any atom is -0.205 e. The van der Waals surface area contributed by atoms with Crippen LogP contribution in [0.3, 0.4) is 0 Å². The summed E-state index contributed by atoms with van der Waals surface area (Å²) in [6.07, 6.45) is 35.8. The van der Waals surface area contributed by atoms with Gasteiger partial charge in [0.25, 0.3) is 0 Å². The number of rotatable bonds is 23. The Labute approximate surface area is 196 Å². The summed E-state index contributed by atoms with van der Waals surface area (Å²) in [5.74, 6) is 0. The fourth-order valence-corrected chi connectivity index (χ4v) is 4.64. The van der Waals surface area contributed by atoms with Gasteiger partial charge in [0.2, 0.25) is 0 Å². The lowest BCUT2D eigenvalue weighted by Crippen LogP contribution is -2.33. The van der Waals surface area contributed by atoms with E-state index in [1.807, 2.05) is 0 Å². The molecule has 0 unspecified atom stereocenters. The van der Waals surface area contributed by atoms with Crippen LogP contribution in [0, 0.1) is 0 Å². The molecule has 0 atom stereocenters. The number of aromatic nitrogens is 1. The zero-order valence-corrected chi connectivity index (χ0v) is 21.5. The van der Waals surface area contributed by atoms with Crippen LogP contribution >= 0.6 is 0 Å². The predicted molar refractivity (Wildman–Crippen MR) is 139 cm³/mol. The van der Waals surface area contributed by atoms with Crippen LogP contribution in [-0.4, -0.2) is 0 Å². The third kappa shape index (κ3) is 18.4. The molecule has 31 heavy (non-hydrogen) atoms. The summed E-state index contributed by atoms with van der Waals surface area (Å²) >= 11 is 0. The van der Waals surface area contributed by atoms with Gasteiger partial charge in [0.1, 0.15) is 6.54 Å². The highest BCUT2D eigenvalue weighted by Gasteiger charge is 2.03. The maximum Gasteiger partial charge on any atom is 0.171 e. The Morgan fingerprint density at radius 1 is 0.516 bits per heavy atom. The monoisotopic (exact) mass is 430 g/mol. The first-order chi connectivity index (χ1) is 15.4. The number of unbranched alkanes of at least 4 members (excludes halogenated alkanes) is 19. The molecule has 0 aromatic carbocycles.